The zero-order valence-corrected chi connectivity index (χ0v) is 16.1. The van der Waals surface area contributed by atoms with Gasteiger partial charge in [0, 0.05) is 23.0 Å². The van der Waals surface area contributed by atoms with E-state index in [0.29, 0.717) is 12.6 Å². The topological polar surface area (TPSA) is 46.4 Å². The average Bonchev–Trinajstić information content (AvgIpc) is 3.20. The predicted octanol–water partition coefficient (Wildman–Crippen LogP) is 3.42. The minimum atomic E-state index is 0.0566. The summed E-state index contributed by atoms with van der Waals surface area (Å²) in [7, 11) is 0. The maximum atomic E-state index is 12.5. The SMILES string of the molecule is O=C(C[NH+]1CCC[C@H]1c1nc2ccccc2s1)Nc1cccc(Br)c1. The predicted molar refractivity (Wildman–Crippen MR) is 105 cm³/mol. The monoisotopic (exact) mass is 416 g/mol. The van der Waals surface area contributed by atoms with Crippen LogP contribution in [0.3, 0.4) is 0 Å². The van der Waals surface area contributed by atoms with Gasteiger partial charge in [0.25, 0.3) is 5.91 Å². The van der Waals surface area contributed by atoms with Gasteiger partial charge in [0.05, 0.1) is 16.8 Å². The van der Waals surface area contributed by atoms with Gasteiger partial charge in [0.2, 0.25) is 0 Å². The van der Waals surface area contributed by atoms with Crippen LogP contribution in [0.25, 0.3) is 10.2 Å². The van der Waals surface area contributed by atoms with Gasteiger partial charge in [0.15, 0.2) is 11.6 Å². The number of rotatable bonds is 4. The standard InChI is InChI=1S/C19H18BrN3OS/c20-13-5-3-6-14(11-13)21-18(24)12-23-10-4-8-16(23)19-22-15-7-1-2-9-17(15)25-19/h1-3,5-7,9,11,16H,4,8,10,12H2,(H,21,24)/p+1/t16-/m0/s1. The van der Waals surface area contributed by atoms with Crippen molar-refractivity contribution in [3.05, 3.63) is 58.0 Å². The number of carbonyl (C=O) groups is 1. The number of halogens is 1. The number of fused-ring (bicyclic) bond motifs is 1. The Balaban J connectivity index is 1.46. The van der Waals surface area contributed by atoms with Crippen LogP contribution in [0.2, 0.25) is 0 Å². The Hall–Kier alpha value is -1.76. The van der Waals surface area contributed by atoms with Crippen LogP contribution in [0.15, 0.2) is 53.0 Å². The van der Waals surface area contributed by atoms with Gasteiger partial charge in [-0.2, -0.15) is 0 Å². The fourth-order valence-electron chi connectivity index (χ4n) is 3.44. The number of nitrogens with one attached hydrogen (secondary N) is 2. The van der Waals surface area contributed by atoms with Crippen molar-refractivity contribution < 1.29 is 9.69 Å². The number of hydrogen-bond donors (Lipinski definition) is 2. The van der Waals surface area contributed by atoms with Crippen molar-refractivity contribution in [3.8, 4) is 0 Å². The number of carbonyl (C=O) groups excluding carboxylic acids is 1. The van der Waals surface area contributed by atoms with Gasteiger partial charge in [-0.05, 0) is 30.3 Å². The van der Waals surface area contributed by atoms with E-state index in [0.717, 1.165) is 40.1 Å². The van der Waals surface area contributed by atoms with E-state index in [2.05, 4.69) is 39.4 Å². The van der Waals surface area contributed by atoms with Crippen molar-refractivity contribution in [1.29, 1.82) is 0 Å². The smallest absolute Gasteiger partial charge is 0.279 e. The number of quaternary nitrogens is 1. The maximum absolute atomic E-state index is 12.5. The van der Waals surface area contributed by atoms with Crippen molar-refractivity contribution in [2.24, 2.45) is 0 Å². The first-order chi connectivity index (χ1) is 12.2. The van der Waals surface area contributed by atoms with Crippen LogP contribution in [0, 0.1) is 0 Å². The summed E-state index contributed by atoms with van der Waals surface area (Å²) in [5, 5.41) is 4.16. The molecule has 1 aliphatic rings. The van der Waals surface area contributed by atoms with E-state index >= 15 is 0 Å². The fourth-order valence-corrected chi connectivity index (χ4v) is 5.00. The Morgan fingerprint density at radius 2 is 2.16 bits per heavy atom. The largest absolute Gasteiger partial charge is 0.321 e. The Bertz CT molecular complexity index is 877. The molecule has 1 saturated heterocycles. The van der Waals surface area contributed by atoms with E-state index in [1.807, 2.05) is 30.3 Å². The van der Waals surface area contributed by atoms with Gasteiger partial charge < -0.3 is 10.2 Å². The minimum absolute atomic E-state index is 0.0566. The first kappa shape index (κ1) is 16.7. The first-order valence-electron chi connectivity index (χ1n) is 8.44. The van der Waals surface area contributed by atoms with Crippen molar-refractivity contribution in [3.63, 3.8) is 0 Å². The third-order valence-electron chi connectivity index (χ3n) is 4.59. The minimum Gasteiger partial charge on any atom is -0.321 e. The van der Waals surface area contributed by atoms with Crippen LogP contribution in [0.5, 0.6) is 0 Å². The molecular weight excluding hydrogens is 398 g/mol. The molecule has 0 spiro atoms. The third kappa shape index (κ3) is 3.76. The van der Waals surface area contributed by atoms with Gasteiger partial charge in [-0.1, -0.05) is 34.1 Å². The molecule has 1 fully saturated rings. The molecule has 0 bridgehead atoms. The summed E-state index contributed by atoms with van der Waals surface area (Å²) < 4.78 is 2.19. The molecule has 1 amide bonds. The number of anilines is 1. The van der Waals surface area contributed by atoms with Crippen LogP contribution in [0.4, 0.5) is 5.69 Å². The van der Waals surface area contributed by atoms with Gasteiger partial charge in [-0.3, -0.25) is 4.79 Å². The number of nitrogens with zero attached hydrogens (tertiary/aromatic N) is 1. The van der Waals surface area contributed by atoms with E-state index < -0.39 is 0 Å². The molecule has 4 nitrogen and oxygen atoms in total. The lowest BCUT2D eigenvalue weighted by atomic mass is 10.2. The summed E-state index contributed by atoms with van der Waals surface area (Å²) in [4.78, 5) is 18.6. The highest BCUT2D eigenvalue weighted by atomic mass is 79.9. The normalized spacial score (nSPS) is 20.0. The Kier molecular flexibility index (Phi) is 4.83. The molecular formula is C19H19BrN3OS+. The molecule has 1 aliphatic heterocycles. The van der Waals surface area contributed by atoms with Crippen LogP contribution in [0.1, 0.15) is 23.9 Å². The van der Waals surface area contributed by atoms with E-state index in [4.69, 9.17) is 4.98 Å². The van der Waals surface area contributed by atoms with E-state index in [1.54, 1.807) is 11.3 Å². The van der Waals surface area contributed by atoms with Crippen molar-refractivity contribution in [2.75, 3.05) is 18.4 Å². The molecule has 0 radical (unpaired) electrons. The number of amides is 1. The molecule has 6 heteroatoms. The van der Waals surface area contributed by atoms with Crippen LogP contribution in [-0.4, -0.2) is 24.0 Å². The van der Waals surface area contributed by atoms with Crippen LogP contribution >= 0.6 is 27.3 Å². The van der Waals surface area contributed by atoms with Gasteiger partial charge in [-0.25, -0.2) is 4.98 Å². The molecule has 4 rings (SSSR count). The number of thiazole rings is 1. The average molecular weight is 417 g/mol. The Morgan fingerprint density at radius 3 is 3.00 bits per heavy atom. The van der Waals surface area contributed by atoms with Crippen molar-refractivity contribution in [2.45, 2.75) is 18.9 Å². The molecule has 3 aromatic rings. The van der Waals surface area contributed by atoms with E-state index in [9.17, 15) is 4.79 Å². The molecule has 128 valence electrons. The quantitative estimate of drug-likeness (QED) is 0.684. The fraction of sp³-hybridized carbons (Fsp3) is 0.263. The maximum Gasteiger partial charge on any atom is 0.279 e. The number of hydrogen-bond acceptors (Lipinski definition) is 3. The molecule has 1 unspecified atom stereocenters. The molecule has 2 heterocycles. The molecule has 2 N–H and O–H groups in total. The molecule has 25 heavy (non-hydrogen) atoms. The summed E-state index contributed by atoms with van der Waals surface area (Å²) >= 11 is 5.20. The highest BCUT2D eigenvalue weighted by molar-refractivity contribution is 9.10. The number of benzene rings is 2. The highest BCUT2D eigenvalue weighted by Crippen LogP contribution is 2.28. The van der Waals surface area contributed by atoms with Crippen molar-refractivity contribution >= 4 is 49.1 Å². The van der Waals surface area contributed by atoms with Gasteiger partial charge in [0.1, 0.15) is 6.04 Å². The zero-order chi connectivity index (χ0) is 17.2. The van der Waals surface area contributed by atoms with Gasteiger partial charge >= 0.3 is 0 Å². The summed E-state index contributed by atoms with van der Waals surface area (Å²) in [5.41, 5.74) is 1.89. The van der Waals surface area contributed by atoms with Gasteiger partial charge in [-0.15, -0.1) is 11.3 Å². The van der Waals surface area contributed by atoms with E-state index in [1.165, 1.54) is 9.60 Å². The first-order valence-corrected chi connectivity index (χ1v) is 10.1. The lowest BCUT2D eigenvalue weighted by Gasteiger charge is -2.19. The molecule has 0 saturated carbocycles. The lowest BCUT2D eigenvalue weighted by Crippen LogP contribution is -3.11. The second kappa shape index (κ2) is 7.23. The molecule has 2 aromatic carbocycles. The third-order valence-corrected chi connectivity index (χ3v) is 6.23. The zero-order valence-electron chi connectivity index (χ0n) is 13.7. The second-order valence-electron chi connectivity index (χ2n) is 6.36. The summed E-state index contributed by atoms with van der Waals surface area (Å²) in [6.45, 7) is 1.50. The number of aromatic nitrogens is 1. The summed E-state index contributed by atoms with van der Waals surface area (Å²) in [6.07, 6.45) is 2.24. The molecule has 2 atom stereocenters. The van der Waals surface area contributed by atoms with Crippen LogP contribution in [-0.2, 0) is 4.79 Å². The second-order valence-corrected chi connectivity index (χ2v) is 8.34. The number of likely N-dealkylation sites (tertiary alicyclic amines) is 1. The molecule has 0 aliphatic carbocycles. The number of para-hydroxylation sites is 1. The van der Waals surface area contributed by atoms with E-state index in [-0.39, 0.29) is 5.91 Å². The Morgan fingerprint density at radius 1 is 1.28 bits per heavy atom. The van der Waals surface area contributed by atoms with Crippen LogP contribution < -0.4 is 10.2 Å². The van der Waals surface area contributed by atoms with Crippen molar-refractivity contribution in [1.82, 2.24) is 4.98 Å². The Labute approximate surface area is 159 Å². The lowest BCUT2D eigenvalue weighted by molar-refractivity contribution is -0.910. The highest BCUT2D eigenvalue weighted by Gasteiger charge is 2.33. The molecule has 1 aromatic heterocycles. The summed E-state index contributed by atoms with van der Waals surface area (Å²) in [6, 6.07) is 16.3. The summed E-state index contributed by atoms with van der Waals surface area (Å²) in [5.74, 6) is 0.0566.